The molecule has 0 aliphatic carbocycles. The Bertz CT molecular complexity index is 1180. The molecule has 8 nitrogen and oxygen atoms in total. The highest BCUT2D eigenvalue weighted by Gasteiger charge is 2.25. The number of nitrogens with zero attached hydrogens (tertiary/aromatic N) is 4. The van der Waals surface area contributed by atoms with E-state index in [1.54, 1.807) is 54.4 Å². The number of carbonyl (C=O) groups is 1. The number of aromatic nitrogens is 1. The average Bonchev–Trinajstić information content (AvgIpc) is 3.35. The van der Waals surface area contributed by atoms with Gasteiger partial charge in [-0.3, -0.25) is 14.9 Å². The van der Waals surface area contributed by atoms with Crippen LogP contribution in [0.5, 0.6) is 5.75 Å². The van der Waals surface area contributed by atoms with Crippen molar-refractivity contribution in [1.82, 2.24) is 4.57 Å². The molecule has 3 aromatic rings. The topological polar surface area (TPSA) is 101 Å². The van der Waals surface area contributed by atoms with E-state index < -0.39 is 4.92 Å². The van der Waals surface area contributed by atoms with Crippen molar-refractivity contribution in [3.8, 4) is 11.4 Å². The summed E-state index contributed by atoms with van der Waals surface area (Å²) in [5.41, 5.74) is 2.31. The third-order valence-electron chi connectivity index (χ3n) is 4.53. The van der Waals surface area contributed by atoms with Gasteiger partial charge in [0.05, 0.1) is 9.83 Å². The lowest BCUT2D eigenvalue weighted by atomic mass is 10.2. The number of nitro benzene ring substituents is 1. The Morgan fingerprint density at radius 1 is 1.13 bits per heavy atom. The molecule has 1 N–H and O–H groups in total. The van der Waals surface area contributed by atoms with Gasteiger partial charge in [0.25, 0.3) is 11.6 Å². The predicted molar refractivity (Wildman–Crippen MR) is 117 cm³/mol. The molecule has 0 radical (unpaired) electrons. The Morgan fingerprint density at radius 2 is 1.83 bits per heavy atom. The summed E-state index contributed by atoms with van der Waals surface area (Å²) in [5.74, 6) is -0.172. The molecule has 2 aromatic carbocycles. The maximum atomic E-state index is 12.4. The van der Waals surface area contributed by atoms with E-state index >= 15 is 0 Å². The van der Waals surface area contributed by atoms with Gasteiger partial charge in [-0.25, -0.2) is 0 Å². The molecule has 1 aliphatic rings. The molecule has 150 valence electrons. The molecule has 1 aromatic heterocycles. The maximum Gasteiger partial charge on any atom is 0.286 e. The zero-order chi connectivity index (χ0) is 21.3. The highest BCUT2D eigenvalue weighted by Crippen LogP contribution is 2.32. The number of hydrogen-bond donors (Lipinski definition) is 1. The summed E-state index contributed by atoms with van der Waals surface area (Å²) in [6.45, 7) is 0. The number of non-ortho nitro benzene ring substituents is 1. The van der Waals surface area contributed by atoms with E-state index in [4.69, 9.17) is 0 Å². The van der Waals surface area contributed by atoms with Crippen LogP contribution in [-0.2, 0) is 4.79 Å². The van der Waals surface area contributed by atoms with Gasteiger partial charge in [-0.15, -0.1) is 0 Å². The third kappa shape index (κ3) is 3.83. The van der Waals surface area contributed by atoms with Crippen LogP contribution in [0.25, 0.3) is 11.8 Å². The van der Waals surface area contributed by atoms with Gasteiger partial charge in [-0.05, 0) is 66.4 Å². The largest absolute Gasteiger partial charge is 0.508 e. The normalized spacial score (nSPS) is 14.8. The second kappa shape index (κ2) is 7.88. The van der Waals surface area contributed by atoms with Crippen LogP contribution in [0.3, 0.4) is 0 Å². The number of rotatable bonds is 4. The number of hydrogen-bond acceptors (Lipinski definition) is 6. The Kier molecular flexibility index (Phi) is 5.11. The molecule has 0 atom stereocenters. The highest BCUT2D eigenvalue weighted by atomic mass is 32.2. The molecule has 0 unspecified atom stereocenters. The second-order valence-corrected chi connectivity index (χ2v) is 7.47. The second-order valence-electron chi connectivity index (χ2n) is 6.46. The molecule has 1 aliphatic heterocycles. The summed E-state index contributed by atoms with van der Waals surface area (Å²) in [6.07, 6.45) is 3.57. The summed E-state index contributed by atoms with van der Waals surface area (Å²) in [4.78, 5) is 29.2. The number of thioether (sulfide) groups is 1. The Balaban J connectivity index is 1.57. The maximum absolute atomic E-state index is 12.4. The minimum absolute atomic E-state index is 0.0163. The smallest absolute Gasteiger partial charge is 0.286 e. The zero-order valence-corrected chi connectivity index (χ0v) is 16.6. The number of amidine groups is 1. The third-order valence-corrected chi connectivity index (χ3v) is 5.59. The van der Waals surface area contributed by atoms with Gasteiger partial charge in [0.2, 0.25) is 0 Å². The number of phenolic OH excluding ortho intramolecular Hbond substituents is 1. The van der Waals surface area contributed by atoms with Crippen molar-refractivity contribution in [2.75, 3.05) is 11.9 Å². The molecule has 4 rings (SSSR count). The van der Waals surface area contributed by atoms with Crippen LogP contribution in [-0.4, -0.2) is 32.7 Å². The first-order valence-electron chi connectivity index (χ1n) is 8.90. The van der Waals surface area contributed by atoms with Crippen molar-refractivity contribution in [1.29, 1.82) is 0 Å². The fraction of sp³-hybridized carbons (Fsp3) is 0.0476. The number of aromatic hydroxyl groups is 1. The number of benzene rings is 2. The number of phenols is 1. The van der Waals surface area contributed by atoms with Crippen LogP contribution in [0.15, 0.2) is 76.8 Å². The fourth-order valence-electron chi connectivity index (χ4n) is 2.94. The van der Waals surface area contributed by atoms with E-state index in [9.17, 15) is 20.0 Å². The van der Waals surface area contributed by atoms with Crippen LogP contribution in [0, 0.1) is 10.1 Å². The summed E-state index contributed by atoms with van der Waals surface area (Å²) < 4.78 is 1.84. The summed E-state index contributed by atoms with van der Waals surface area (Å²) >= 11 is 1.26. The highest BCUT2D eigenvalue weighted by molar-refractivity contribution is 8.18. The van der Waals surface area contributed by atoms with Crippen molar-refractivity contribution in [2.45, 2.75) is 0 Å². The first-order valence-corrected chi connectivity index (χ1v) is 9.71. The van der Waals surface area contributed by atoms with Gasteiger partial charge >= 0.3 is 0 Å². The standard InChI is InChI=1S/C21H16N4O4S/c1-23(14-8-10-18(26)11-9-14)21-22-20(27)19(30-21)13-17-3-2-12-24(17)15-4-6-16(7-5-15)25(28)29/h2-13,26H,1H3. The van der Waals surface area contributed by atoms with Gasteiger partial charge in [-0.2, -0.15) is 4.99 Å². The molecule has 0 saturated carbocycles. The number of amides is 1. The number of aliphatic imine (C=N–C) groups is 1. The van der Waals surface area contributed by atoms with Crippen LogP contribution >= 0.6 is 11.8 Å². The van der Waals surface area contributed by atoms with Crippen LogP contribution in [0.4, 0.5) is 11.4 Å². The summed E-state index contributed by atoms with van der Waals surface area (Å²) in [5, 5.41) is 20.8. The van der Waals surface area contributed by atoms with E-state index in [1.165, 1.54) is 23.9 Å². The molecule has 0 bridgehead atoms. The van der Waals surface area contributed by atoms with Crippen LogP contribution < -0.4 is 4.90 Å². The quantitative estimate of drug-likeness (QED) is 0.386. The van der Waals surface area contributed by atoms with Crippen molar-refractivity contribution in [3.63, 3.8) is 0 Å². The van der Waals surface area contributed by atoms with E-state index in [-0.39, 0.29) is 17.3 Å². The minimum Gasteiger partial charge on any atom is -0.508 e. The van der Waals surface area contributed by atoms with Crippen LogP contribution in [0.1, 0.15) is 5.69 Å². The molecule has 9 heteroatoms. The van der Waals surface area contributed by atoms with Crippen LogP contribution in [0.2, 0.25) is 0 Å². The first-order chi connectivity index (χ1) is 14.4. The Labute approximate surface area is 175 Å². The lowest BCUT2D eigenvalue weighted by Gasteiger charge is -2.17. The number of carbonyl (C=O) groups excluding carboxylic acids is 1. The van der Waals surface area contributed by atoms with Crippen molar-refractivity contribution < 1.29 is 14.8 Å². The SMILES string of the molecule is CN(C1=NC(=O)C(=Cc2cccn2-c2ccc([N+](=O)[O-])cc2)S1)c1ccc(O)cc1. The summed E-state index contributed by atoms with van der Waals surface area (Å²) in [7, 11) is 1.80. The summed E-state index contributed by atoms with van der Waals surface area (Å²) in [6, 6.07) is 16.5. The molecule has 0 fully saturated rings. The fourth-order valence-corrected chi connectivity index (χ4v) is 3.82. The lowest BCUT2D eigenvalue weighted by molar-refractivity contribution is -0.384. The van der Waals surface area contributed by atoms with Gasteiger partial charge < -0.3 is 14.6 Å². The van der Waals surface area contributed by atoms with E-state index in [0.717, 1.165) is 17.1 Å². The monoisotopic (exact) mass is 420 g/mol. The van der Waals surface area contributed by atoms with Gasteiger partial charge in [-0.1, -0.05) is 0 Å². The zero-order valence-electron chi connectivity index (χ0n) is 15.8. The number of anilines is 1. The molecule has 0 spiro atoms. The molecule has 30 heavy (non-hydrogen) atoms. The van der Waals surface area contributed by atoms with E-state index in [1.807, 2.05) is 22.9 Å². The average molecular weight is 420 g/mol. The first kappa shape index (κ1) is 19.5. The Morgan fingerprint density at radius 3 is 2.50 bits per heavy atom. The lowest BCUT2D eigenvalue weighted by Crippen LogP contribution is -2.21. The molecular weight excluding hydrogens is 404 g/mol. The van der Waals surface area contributed by atoms with E-state index in [0.29, 0.717) is 10.1 Å². The molecule has 0 saturated heterocycles. The predicted octanol–water partition coefficient (Wildman–Crippen LogP) is 4.20. The van der Waals surface area contributed by atoms with Crippen molar-refractivity contribution in [3.05, 3.63) is 87.6 Å². The minimum atomic E-state index is -0.445. The van der Waals surface area contributed by atoms with Gasteiger partial charge in [0.15, 0.2) is 5.17 Å². The van der Waals surface area contributed by atoms with E-state index in [2.05, 4.69) is 4.99 Å². The van der Waals surface area contributed by atoms with Gasteiger partial charge in [0, 0.05) is 42.4 Å². The van der Waals surface area contributed by atoms with Crippen molar-refractivity contribution in [2.24, 2.45) is 4.99 Å². The molecule has 1 amide bonds. The van der Waals surface area contributed by atoms with Gasteiger partial charge in [0.1, 0.15) is 5.75 Å². The molecular formula is C21H16N4O4S. The Hall–Kier alpha value is -3.85. The number of nitro groups is 1. The molecule has 2 heterocycles. The van der Waals surface area contributed by atoms with Crippen molar-refractivity contribution >= 4 is 40.3 Å².